The Labute approximate surface area is 103 Å². The van der Waals surface area contributed by atoms with Crippen molar-refractivity contribution in [2.24, 2.45) is 5.92 Å². The molecule has 1 rings (SSSR count). The van der Waals surface area contributed by atoms with Gasteiger partial charge in [0.25, 0.3) is 0 Å². The summed E-state index contributed by atoms with van der Waals surface area (Å²) in [5, 5.41) is 3.35. The molecule has 0 saturated heterocycles. The van der Waals surface area contributed by atoms with Crippen LogP contribution in [0.3, 0.4) is 0 Å². The Hall–Kier alpha value is -0.830. The highest BCUT2D eigenvalue weighted by molar-refractivity contribution is 6.17. The fourth-order valence-electron chi connectivity index (χ4n) is 1.66. The molecule has 1 aromatic rings. The predicted molar refractivity (Wildman–Crippen MR) is 69.1 cm³/mol. The van der Waals surface area contributed by atoms with E-state index in [2.05, 4.69) is 22.2 Å². The van der Waals surface area contributed by atoms with Crippen LogP contribution in [-0.2, 0) is 0 Å². The van der Waals surface area contributed by atoms with Gasteiger partial charge in [0.15, 0.2) is 0 Å². The number of aromatic nitrogens is 2. The second-order valence-electron chi connectivity index (χ2n) is 4.07. The third-order valence-corrected chi connectivity index (χ3v) is 2.85. The molecule has 1 atom stereocenters. The van der Waals surface area contributed by atoms with Crippen molar-refractivity contribution in [3.63, 3.8) is 0 Å². The minimum Gasteiger partial charge on any atom is -0.370 e. The van der Waals surface area contributed by atoms with E-state index in [1.165, 1.54) is 0 Å². The number of nitrogens with zero attached hydrogens (tertiary/aromatic N) is 2. The molecule has 0 amide bonds. The molecular formula is C12H20ClN3. The summed E-state index contributed by atoms with van der Waals surface area (Å²) in [4.78, 5) is 8.59. The molecule has 1 unspecified atom stereocenters. The molecule has 1 aromatic heterocycles. The topological polar surface area (TPSA) is 37.8 Å². The van der Waals surface area contributed by atoms with Crippen LogP contribution < -0.4 is 5.32 Å². The van der Waals surface area contributed by atoms with Crippen LogP contribution in [0.1, 0.15) is 31.3 Å². The van der Waals surface area contributed by atoms with Gasteiger partial charge in [0.2, 0.25) is 0 Å². The lowest BCUT2D eigenvalue weighted by atomic mass is 10.0. The maximum absolute atomic E-state index is 5.75. The first-order valence-electron chi connectivity index (χ1n) is 5.77. The maximum atomic E-state index is 5.75. The summed E-state index contributed by atoms with van der Waals surface area (Å²) in [7, 11) is 0. The van der Waals surface area contributed by atoms with Gasteiger partial charge in [0, 0.05) is 24.2 Å². The van der Waals surface area contributed by atoms with Gasteiger partial charge in [-0.25, -0.2) is 9.97 Å². The van der Waals surface area contributed by atoms with Crippen LogP contribution in [0.25, 0.3) is 0 Å². The molecule has 0 aliphatic rings. The fraction of sp³-hybridized carbons (Fsp3) is 0.667. The van der Waals surface area contributed by atoms with Gasteiger partial charge in [-0.1, -0.05) is 13.3 Å². The largest absolute Gasteiger partial charge is 0.370 e. The number of halogens is 1. The zero-order valence-corrected chi connectivity index (χ0v) is 11.0. The highest BCUT2D eigenvalue weighted by Crippen LogP contribution is 2.12. The summed E-state index contributed by atoms with van der Waals surface area (Å²) in [5.74, 6) is 3.07. The smallest absolute Gasteiger partial charge is 0.129 e. The zero-order chi connectivity index (χ0) is 12.0. The van der Waals surface area contributed by atoms with E-state index in [0.717, 1.165) is 42.6 Å². The Morgan fingerprint density at radius 3 is 2.69 bits per heavy atom. The van der Waals surface area contributed by atoms with Gasteiger partial charge in [0.1, 0.15) is 11.6 Å². The average Bonchev–Trinajstić information content (AvgIpc) is 2.23. The number of hydrogen-bond donors (Lipinski definition) is 1. The molecule has 0 aromatic carbocycles. The van der Waals surface area contributed by atoms with Gasteiger partial charge in [-0.2, -0.15) is 0 Å². The molecular weight excluding hydrogens is 222 g/mol. The lowest BCUT2D eigenvalue weighted by Crippen LogP contribution is -2.15. The van der Waals surface area contributed by atoms with Crippen molar-refractivity contribution in [3.05, 3.63) is 17.6 Å². The Balaban J connectivity index is 2.52. The predicted octanol–water partition coefficient (Wildman–Crippen LogP) is 3.16. The molecule has 0 bridgehead atoms. The quantitative estimate of drug-likeness (QED) is 0.778. The standard InChI is InChI=1S/C12H20ClN3/c1-4-11(5-6-13)8-14-12-7-9(2)15-10(3)16-12/h7,11H,4-6,8H2,1-3H3,(H,14,15,16). The van der Waals surface area contributed by atoms with Crippen molar-refractivity contribution < 1.29 is 0 Å². The van der Waals surface area contributed by atoms with Crippen LogP contribution in [0.5, 0.6) is 0 Å². The monoisotopic (exact) mass is 241 g/mol. The van der Waals surface area contributed by atoms with Crippen molar-refractivity contribution in [2.45, 2.75) is 33.6 Å². The van der Waals surface area contributed by atoms with Gasteiger partial charge < -0.3 is 5.32 Å². The van der Waals surface area contributed by atoms with Crippen molar-refractivity contribution in [1.82, 2.24) is 9.97 Å². The van der Waals surface area contributed by atoms with Gasteiger partial charge in [-0.3, -0.25) is 0 Å². The van der Waals surface area contributed by atoms with Crippen LogP contribution in [0.15, 0.2) is 6.07 Å². The molecule has 90 valence electrons. The van der Waals surface area contributed by atoms with Crippen LogP contribution >= 0.6 is 11.6 Å². The van der Waals surface area contributed by atoms with E-state index in [0.29, 0.717) is 5.92 Å². The van der Waals surface area contributed by atoms with Crippen molar-refractivity contribution in [1.29, 1.82) is 0 Å². The molecule has 3 nitrogen and oxygen atoms in total. The maximum Gasteiger partial charge on any atom is 0.129 e. The Morgan fingerprint density at radius 1 is 1.38 bits per heavy atom. The molecule has 0 saturated carbocycles. The summed E-state index contributed by atoms with van der Waals surface area (Å²) >= 11 is 5.75. The minimum atomic E-state index is 0.619. The Morgan fingerprint density at radius 2 is 2.12 bits per heavy atom. The second-order valence-corrected chi connectivity index (χ2v) is 4.45. The van der Waals surface area contributed by atoms with Crippen molar-refractivity contribution >= 4 is 17.4 Å². The third kappa shape index (κ3) is 4.35. The number of aryl methyl sites for hydroxylation is 2. The number of rotatable bonds is 6. The third-order valence-electron chi connectivity index (χ3n) is 2.63. The molecule has 0 fully saturated rings. The number of alkyl halides is 1. The van der Waals surface area contributed by atoms with Crippen molar-refractivity contribution in [3.8, 4) is 0 Å². The molecule has 0 aliphatic carbocycles. The summed E-state index contributed by atoms with van der Waals surface area (Å²) in [5.41, 5.74) is 1.00. The summed E-state index contributed by atoms with van der Waals surface area (Å²) in [6, 6.07) is 1.97. The number of nitrogens with one attached hydrogen (secondary N) is 1. The van der Waals surface area contributed by atoms with E-state index in [1.807, 2.05) is 19.9 Å². The second kappa shape index (κ2) is 6.69. The highest BCUT2D eigenvalue weighted by Gasteiger charge is 2.06. The van der Waals surface area contributed by atoms with Gasteiger partial charge in [0.05, 0.1) is 0 Å². The van der Waals surface area contributed by atoms with Crippen LogP contribution in [0.4, 0.5) is 5.82 Å². The highest BCUT2D eigenvalue weighted by atomic mass is 35.5. The molecule has 4 heteroatoms. The van der Waals surface area contributed by atoms with Gasteiger partial charge in [-0.05, 0) is 26.2 Å². The zero-order valence-electron chi connectivity index (χ0n) is 10.3. The van der Waals surface area contributed by atoms with E-state index in [9.17, 15) is 0 Å². The fourth-order valence-corrected chi connectivity index (χ4v) is 1.97. The summed E-state index contributed by atoms with van der Waals surface area (Å²) in [6.45, 7) is 7.01. The summed E-state index contributed by atoms with van der Waals surface area (Å²) in [6.07, 6.45) is 2.19. The molecule has 0 spiro atoms. The number of anilines is 1. The van der Waals surface area contributed by atoms with E-state index >= 15 is 0 Å². The molecule has 16 heavy (non-hydrogen) atoms. The molecule has 1 N–H and O–H groups in total. The van der Waals surface area contributed by atoms with Crippen LogP contribution in [0, 0.1) is 19.8 Å². The Bertz CT molecular complexity index is 308. The molecule has 1 heterocycles. The Kier molecular flexibility index (Phi) is 5.53. The first-order valence-corrected chi connectivity index (χ1v) is 6.31. The van der Waals surface area contributed by atoms with E-state index < -0.39 is 0 Å². The number of hydrogen-bond acceptors (Lipinski definition) is 3. The van der Waals surface area contributed by atoms with E-state index in [1.54, 1.807) is 0 Å². The normalized spacial score (nSPS) is 12.5. The lowest BCUT2D eigenvalue weighted by molar-refractivity contribution is 0.521. The van der Waals surface area contributed by atoms with Crippen molar-refractivity contribution in [2.75, 3.05) is 17.7 Å². The first kappa shape index (κ1) is 13.2. The van der Waals surface area contributed by atoms with Gasteiger partial charge >= 0.3 is 0 Å². The first-order chi connectivity index (χ1) is 7.65. The van der Waals surface area contributed by atoms with Crippen LogP contribution in [0.2, 0.25) is 0 Å². The lowest BCUT2D eigenvalue weighted by Gasteiger charge is -2.14. The average molecular weight is 242 g/mol. The molecule has 0 radical (unpaired) electrons. The van der Waals surface area contributed by atoms with Gasteiger partial charge in [-0.15, -0.1) is 11.6 Å². The summed E-state index contributed by atoms with van der Waals surface area (Å²) < 4.78 is 0. The minimum absolute atomic E-state index is 0.619. The molecule has 0 aliphatic heterocycles. The van der Waals surface area contributed by atoms with E-state index in [-0.39, 0.29) is 0 Å². The van der Waals surface area contributed by atoms with E-state index in [4.69, 9.17) is 11.6 Å². The van der Waals surface area contributed by atoms with Crippen LogP contribution in [-0.4, -0.2) is 22.4 Å². The SMILES string of the molecule is CCC(CCCl)CNc1cc(C)nc(C)n1.